The highest BCUT2D eigenvalue weighted by molar-refractivity contribution is 7.98. The zero-order chi connectivity index (χ0) is 12.1. The summed E-state index contributed by atoms with van der Waals surface area (Å²) >= 11 is 3.66. The van der Waals surface area contributed by atoms with Crippen molar-refractivity contribution in [3.05, 3.63) is 10.6 Å². The molecule has 0 aromatic carbocycles. The second kappa shape index (κ2) is 6.47. The van der Waals surface area contributed by atoms with Crippen molar-refractivity contribution < 1.29 is 0 Å². The SMILES string of the molecule is CNC(C)c1sc(N(C)CCSC)nc1C. The zero-order valence-electron chi connectivity index (χ0n) is 10.7. The molecule has 1 rings (SSSR count). The van der Waals surface area contributed by atoms with E-state index >= 15 is 0 Å². The Balaban J connectivity index is 2.75. The highest BCUT2D eigenvalue weighted by Crippen LogP contribution is 2.29. The summed E-state index contributed by atoms with van der Waals surface area (Å²) < 4.78 is 0. The molecule has 5 heteroatoms. The summed E-state index contributed by atoms with van der Waals surface area (Å²) in [6.07, 6.45) is 2.13. The van der Waals surface area contributed by atoms with Crippen LogP contribution >= 0.6 is 23.1 Å². The molecule has 0 aliphatic carbocycles. The molecule has 3 nitrogen and oxygen atoms in total. The Kier molecular flexibility index (Phi) is 5.58. The van der Waals surface area contributed by atoms with E-state index in [0.29, 0.717) is 6.04 Å². The quantitative estimate of drug-likeness (QED) is 0.850. The minimum absolute atomic E-state index is 0.389. The molecule has 1 atom stereocenters. The lowest BCUT2D eigenvalue weighted by Crippen LogP contribution is -2.19. The van der Waals surface area contributed by atoms with Crippen LogP contribution < -0.4 is 10.2 Å². The van der Waals surface area contributed by atoms with Gasteiger partial charge in [-0.1, -0.05) is 0 Å². The number of thioether (sulfide) groups is 1. The predicted octanol–water partition coefficient (Wildman–Crippen LogP) is 2.53. The molecule has 0 radical (unpaired) electrons. The molecule has 0 amide bonds. The van der Waals surface area contributed by atoms with Gasteiger partial charge in [0.1, 0.15) is 0 Å². The van der Waals surface area contributed by atoms with E-state index in [0.717, 1.165) is 23.1 Å². The first-order valence-electron chi connectivity index (χ1n) is 5.44. The normalized spacial score (nSPS) is 12.8. The van der Waals surface area contributed by atoms with Crippen LogP contribution in [0.3, 0.4) is 0 Å². The van der Waals surface area contributed by atoms with Crippen molar-refractivity contribution in [2.24, 2.45) is 0 Å². The molecule has 16 heavy (non-hydrogen) atoms. The molecule has 0 saturated heterocycles. The van der Waals surface area contributed by atoms with Gasteiger partial charge in [-0.2, -0.15) is 11.8 Å². The number of aryl methyl sites for hydroxylation is 1. The molecule has 0 aliphatic heterocycles. The van der Waals surface area contributed by atoms with Crippen molar-refractivity contribution in [3.8, 4) is 0 Å². The molecule has 1 aromatic heterocycles. The number of rotatable bonds is 6. The van der Waals surface area contributed by atoms with Crippen molar-refractivity contribution >= 4 is 28.2 Å². The number of anilines is 1. The van der Waals surface area contributed by atoms with Crippen LogP contribution in [-0.4, -0.2) is 37.6 Å². The Morgan fingerprint density at radius 1 is 1.56 bits per heavy atom. The van der Waals surface area contributed by atoms with E-state index in [-0.39, 0.29) is 0 Å². The highest BCUT2D eigenvalue weighted by Gasteiger charge is 2.14. The fraction of sp³-hybridized carbons (Fsp3) is 0.727. The predicted molar refractivity (Wildman–Crippen MR) is 76.0 cm³/mol. The molecule has 1 aromatic rings. The van der Waals surface area contributed by atoms with E-state index in [9.17, 15) is 0 Å². The summed E-state index contributed by atoms with van der Waals surface area (Å²) in [5.74, 6) is 1.14. The first kappa shape index (κ1) is 13.8. The van der Waals surface area contributed by atoms with Gasteiger partial charge in [-0.25, -0.2) is 4.98 Å². The van der Waals surface area contributed by atoms with E-state index in [2.05, 4.69) is 42.4 Å². The summed E-state index contributed by atoms with van der Waals surface area (Å²) in [5, 5.41) is 4.39. The Labute approximate surface area is 107 Å². The molecule has 0 aliphatic rings. The zero-order valence-corrected chi connectivity index (χ0v) is 12.3. The van der Waals surface area contributed by atoms with Crippen LogP contribution in [0.4, 0.5) is 5.13 Å². The van der Waals surface area contributed by atoms with Gasteiger partial charge < -0.3 is 10.2 Å². The molecule has 1 unspecified atom stereocenters. The third-order valence-electron chi connectivity index (χ3n) is 2.60. The standard InChI is InChI=1S/C11H21N3S2/c1-8(12-3)10-9(2)13-11(16-10)14(4)6-7-15-5/h8,12H,6-7H2,1-5H3. The number of nitrogens with one attached hydrogen (secondary N) is 1. The number of hydrogen-bond donors (Lipinski definition) is 1. The lowest BCUT2D eigenvalue weighted by atomic mass is 10.2. The maximum absolute atomic E-state index is 4.63. The number of nitrogens with zero attached hydrogens (tertiary/aromatic N) is 2. The lowest BCUT2D eigenvalue weighted by Gasteiger charge is -2.14. The minimum Gasteiger partial charge on any atom is -0.350 e. The molecule has 0 bridgehead atoms. The summed E-state index contributed by atoms with van der Waals surface area (Å²) in [6.45, 7) is 5.32. The van der Waals surface area contributed by atoms with Gasteiger partial charge in [0.05, 0.1) is 5.69 Å². The topological polar surface area (TPSA) is 28.2 Å². The minimum atomic E-state index is 0.389. The van der Waals surface area contributed by atoms with Crippen molar-refractivity contribution in [3.63, 3.8) is 0 Å². The molecule has 0 spiro atoms. The smallest absolute Gasteiger partial charge is 0.185 e. The van der Waals surface area contributed by atoms with Gasteiger partial charge in [-0.3, -0.25) is 0 Å². The largest absolute Gasteiger partial charge is 0.350 e. The fourth-order valence-electron chi connectivity index (χ4n) is 1.41. The highest BCUT2D eigenvalue weighted by atomic mass is 32.2. The third-order valence-corrected chi connectivity index (χ3v) is 4.65. The summed E-state index contributed by atoms with van der Waals surface area (Å²) in [5.41, 5.74) is 1.15. The van der Waals surface area contributed by atoms with Gasteiger partial charge in [-0.05, 0) is 27.2 Å². The van der Waals surface area contributed by atoms with Crippen LogP contribution in [0.5, 0.6) is 0 Å². The van der Waals surface area contributed by atoms with Gasteiger partial charge in [0.2, 0.25) is 0 Å². The Morgan fingerprint density at radius 3 is 2.81 bits per heavy atom. The van der Waals surface area contributed by atoms with Gasteiger partial charge in [0.15, 0.2) is 5.13 Å². The van der Waals surface area contributed by atoms with E-state index < -0.39 is 0 Å². The molecule has 1 heterocycles. The maximum Gasteiger partial charge on any atom is 0.185 e. The number of thiazole rings is 1. The van der Waals surface area contributed by atoms with Crippen LogP contribution in [0.2, 0.25) is 0 Å². The maximum atomic E-state index is 4.63. The van der Waals surface area contributed by atoms with Crippen LogP contribution in [-0.2, 0) is 0 Å². The third kappa shape index (κ3) is 3.37. The molecule has 1 N–H and O–H groups in total. The van der Waals surface area contributed by atoms with Crippen molar-refractivity contribution in [2.45, 2.75) is 19.9 Å². The van der Waals surface area contributed by atoms with Crippen molar-refractivity contribution in [1.29, 1.82) is 0 Å². The summed E-state index contributed by atoms with van der Waals surface area (Å²) in [4.78, 5) is 8.21. The van der Waals surface area contributed by atoms with Crippen LogP contribution in [0, 0.1) is 6.92 Å². The molecule has 0 fully saturated rings. The second-order valence-corrected chi connectivity index (χ2v) is 5.87. The van der Waals surface area contributed by atoms with Crippen LogP contribution in [0.1, 0.15) is 23.5 Å². The fourth-order valence-corrected chi connectivity index (χ4v) is 2.98. The van der Waals surface area contributed by atoms with Gasteiger partial charge in [0, 0.05) is 30.3 Å². The number of aromatic nitrogens is 1. The summed E-state index contributed by atoms with van der Waals surface area (Å²) in [6, 6.07) is 0.389. The Morgan fingerprint density at radius 2 is 2.25 bits per heavy atom. The average Bonchev–Trinajstić information content (AvgIpc) is 2.67. The monoisotopic (exact) mass is 259 g/mol. The van der Waals surface area contributed by atoms with Crippen molar-refractivity contribution in [1.82, 2.24) is 10.3 Å². The Bertz CT molecular complexity index is 325. The second-order valence-electron chi connectivity index (χ2n) is 3.87. The van der Waals surface area contributed by atoms with E-state index in [1.165, 1.54) is 4.88 Å². The lowest BCUT2D eigenvalue weighted by molar-refractivity contribution is 0.658. The van der Waals surface area contributed by atoms with E-state index in [1.807, 2.05) is 18.8 Å². The van der Waals surface area contributed by atoms with Gasteiger partial charge >= 0.3 is 0 Å². The van der Waals surface area contributed by atoms with Crippen LogP contribution in [0.25, 0.3) is 0 Å². The van der Waals surface area contributed by atoms with E-state index in [4.69, 9.17) is 0 Å². The van der Waals surface area contributed by atoms with Gasteiger partial charge in [0.25, 0.3) is 0 Å². The van der Waals surface area contributed by atoms with Gasteiger partial charge in [-0.15, -0.1) is 11.3 Å². The first-order chi connectivity index (χ1) is 7.60. The molecule has 92 valence electrons. The molecular weight excluding hydrogens is 238 g/mol. The number of hydrogen-bond acceptors (Lipinski definition) is 5. The average molecular weight is 259 g/mol. The van der Waals surface area contributed by atoms with E-state index in [1.54, 1.807) is 11.3 Å². The molecule has 0 saturated carbocycles. The summed E-state index contributed by atoms with van der Waals surface area (Å²) in [7, 11) is 4.10. The Hall–Kier alpha value is -0.260. The van der Waals surface area contributed by atoms with Crippen LogP contribution in [0.15, 0.2) is 0 Å². The molecular formula is C11H21N3S2. The first-order valence-corrected chi connectivity index (χ1v) is 7.65. The van der Waals surface area contributed by atoms with Crippen molar-refractivity contribution in [2.75, 3.05) is 37.5 Å².